The lowest BCUT2D eigenvalue weighted by Crippen LogP contribution is -2.28. The number of hydrogen-bond acceptors (Lipinski definition) is 3. The highest BCUT2D eigenvalue weighted by Crippen LogP contribution is 2.25. The van der Waals surface area contributed by atoms with E-state index >= 15 is 0 Å². The minimum absolute atomic E-state index is 0.0673. The molecule has 1 fully saturated rings. The highest BCUT2D eigenvalue weighted by Gasteiger charge is 2.14. The zero-order valence-electron chi connectivity index (χ0n) is 11.1. The van der Waals surface area contributed by atoms with Crippen LogP contribution < -0.4 is 15.0 Å². The number of anilines is 1. The lowest BCUT2D eigenvalue weighted by Gasteiger charge is -2.23. The van der Waals surface area contributed by atoms with Crippen molar-refractivity contribution in [2.75, 3.05) is 31.1 Å². The summed E-state index contributed by atoms with van der Waals surface area (Å²) in [6.45, 7) is 7.53. The maximum Gasteiger partial charge on any atom is 0.150 e. The smallest absolute Gasteiger partial charge is 0.150 e. The first-order chi connectivity index (χ1) is 8.66. The van der Waals surface area contributed by atoms with Crippen molar-refractivity contribution in [1.82, 2.24) is 5.32 Å². The largest absolute Gasteiger partial charge is 0.491 e. The van der Waals surface area contributed by atoms with E-state index in [1.54, 1.807) is 0 Å². The van der Waals surface area contributed by atoms with E-state index in [1.807, 2.05) is 26.0 Å². The van der Waals surface area contributed by atoms with Gasteiger partial charge in [0.15, 0.2) is 0 Å². The van der Waals surface area contributed by atoms with Crippen LogP contribution in [0.25, 0.3) is 0 Å². The summed E-state index contributed by atoms with van der Waals surface area (Å²) in [5.41, 5.74) is 0.676. The van der Waals surface area contributed by atoms with Crippen LogP contribution in [0.3, 0.4) is 0 Å². The van der Waals surface area contributed by atoms with E-state index in [0.717, 1.165) is 32.6 Å². The van der Waals surface area contributed by atoms with E-state index in [2.05, 4.69) is 10.2 Å². The second-order valence-corrected chi connectivity index (χ2v) is 4.87. The summed E-state index contributed by atoms with van der Waals surface area (Å²) in [6, 6.07) is 5.14. The molecule has 0 saturated carbocycles. The number of nitrogens with one attached hydrogen (secondary N) is 1. The van der Waals surface area contributed by atoms with E-state index in [4.69, 9.17) is 4.74 Å². The summed E-state index contributed by atoms with van der Waals surface area (Å²) in [5.74, 6) is 0.397. The molecule has 1 aromatic rings. The quantitative estimate of drug-likeness (QED) is 0.894. The Labute approximate surface area is 108 Å². The molecule has 3 nitrogen and oxygen atoms in total. The molecule has 4 heteroatoms. The highest BCUT2D eigenvalue weighted by molar-refractivity contribution is 5.50. The minimum Gasteiger partial charge on any atom is -0.491 e. The standard InChI is InChI=1S/C14H21FN2O/c1-11(2)18-12-4-5-14(13(15)10-12)17-8-3-6-16-7-9-17/h4-5,10-11,16H,3,6-9H2,1-2H3. The fourth-order valence-corrected chi connectivity index (χ4v) is 2.18. The van der Waals surface area contributed by atoms with Gasteiger partial charge in [-0.2, -0.15) is 0 Å². The van der Waals surface area contributed by atoms with Gasteiger partial charge in [0.1, 0.15) is 11.6 Å². The molecule has 1 saturated heterocycles. The second kappa shape index (κ2) is 6.05. The van der Waals surface area contributed by atoms with E-state index in [9.17, 15) is 4.39 Å². The van der Waals surface area contributed by atoms with Gasteiger partial charge in [-0.25, -0.2) is 4.39 Å². The third-order valence-corrected chi connectivity index (χ3v) is 2.97. The Morgan fingerprint density at radius 1 is 1.28 bits per heavy atom. The number of ether oxygens (including phenoxy) is 1. The monoisotopic (exact) mass is 252 g/mol. The van der Waals surface area contributed by atoms with Crippen molar-refractivity contribution in [3.8, 4) is 5.75 Å². The molecular formula is C14H21FN2O. The van der Waals surface area contributed by atoms with Gasteiger partial charge in [-0.15, -0.1) is 0 Å². The second-order valence-electron chi connectivity index (χ2n) is 4.87. The van der Waals surface area contributed by atoms with E-state index in [0.29, 0.717) is 11.4 Å². The molecule has 1 aliphatic rings. The Balaban J connectivity index is 2.12. The normalized spacial score (nSPS) is 16.8. The van der Waals surface area contributed by atoms with Crippen molar-refractivity contribution >= 4 is 5.69 Å². The van der Waals surface area contributed by atoms with Crippen molar-refractivity contribution in [3.05, 3.63) is 24.0 Å². The van der Waals surface area contributed by atoms with E-state index in [1.165, 1.54) is 6.07 Å². The Morgan fingerprint density at radius 3 is 2.83 bits per heavy atom. The molecule has 0 aliphatic carbocycles. The molecule has 0 unspecified atom stereocenters. The van der Waals surface area contributed by atoms with Crippen LogP contribution in [-0.4, -0.2) is 32.3 Å². The first-order valence-electron chi connectivity index (χ1n) is 6.58. The van der Waals surface area contributed by atoms with Crippen LogP contribution in [0.5, 0.6) is 5.75 Å². The predicted octanol–water partition coefficient (Wildman–Crippen LogP) is 2.41. The van der Waals surface area contributed by atoms with Gasteiger partial charge in [0, 0.05) is 25.7 Å². The lowest BCUT2D eigenvalue weighted by atomic mass is 10.2. The van der Waals surface area contributed by atoms with Crippen molar-refractivity contribution < 1.29 is 9.13 Å². The van der Waals surface area contributed by atoms with E-state index in [-0.39, 0.29) is 11.9 Å². The number of hydrogen-bond donors (Lipinski definition) is 1. The van der Waals surface area contributed by atoms with Crippen LogP contribution in [0.15, 0.2) is 18.2 Å². The van der Waals surface area contributed by atoms with Crippen LogP contribution >= 0.6 is 0 Å². The predicted molar refractivity (Wildman–Crippen MR) is 71.9 cm³/mol. The van der Waals surface area contributed by atoms with Crippen LogP contribution in [0.2, 0.25) is 0 Å². The summed E-state index contributed by atoms with van der Waals surface area (Å²) in [5, 5.41) is 3.32. The van der Waals surface area contributed by atoms with Crippen molar-refractivity contribution in [2.45, 2.75) is 26.4 Å². The molecule has 0 spiro atoms. The van der Waals surface area contributed by atoms with Crippen LogP contribution in [-0.2, 0) is 0 Å². The van der Waals surface area contributed by atoms with Crippen molar-refractivity contribution in [3.63, 3.8) is 0 Å². The van der Waals surface area contributed by atoms with Crippen LogP contribution in [0.4, 0.5) is 10.1 Å². The zero-order valence-corrected chi connectivity index (χ0v) is 11.1. The van der Waals surface area contributed by atoms with Gasteiger partial charge < -0.3 is 15.0 Å². The average molecular weight is 252 g/mol. The number of nitrogens with zero attached hydrogens (tertiary/aromatic N) is 1. The number of rotatable bonds is 3. The van der Waals surface area contributed by atoms with Crippen LogP contribution in [0, 0.1) is 5.82 Å². The third kappa shape index (κ3) is 3.35. The molecule has 18 heavy (non-hydrogen) atoms. The minimum atomic E-state index is -0.199. The summed E-state index contributed by atoms with van der Waals surface area (Å²) >= 11 is 0. The van der Waals surface area contributed by atoms with Crippen LogP contribution in [0.1, 0.15) is 20.3 Å². The first-order valence-corrected chi connectivity index (χ1v) is 6.58. The molecule has 0 radical (unpaired) electrons. The lowest BCUT2D eigenvalue weighted by molar-refractivity contribution is 0.241. The third-order valence-electron chi connectivity index (χ3n) is 2.97. The molecule has 1 heterocycles. The number of benzene rings is 1. The molecule has 0 aromatic heterocycles. The number of halogens is 1. The zero-order chi connectivity index (χ0) is 13.0. The molecule has 100 valence electrons. The summed E-state index contributed by atoms with van der Waals surface area (Å²) in [4.78, 5) is 2.09. The van der Waals surface area contributed by atoms with Gasteiger partial charge in [0.2, 0.25) is 0 Å². The molecular weight excluding hydrogens is 231 g/mol. The molecule has 2 rings (SSSR count). The average Bonchev–Trinajstić information content (AvgIpc) is 2.57. The maximum absolute atomic E-state index is 14.1. The fourth-order valence-electron chi connectivity index (χ4n) is 2.18. The molecule has 1 aromatic carbocycles. The molecule has 1 aliphatic heterocycles. The fraction of sp³-hybridized carbons (Fsp3) is 0.571. The molecule has 0 amide bonds. The Bertz CT molecular complexity index is 387. The van der Waals surface area contributed by atoms with Gasteiger partial charge >= 0.3 is 0 Å². The first kappa shape index (κ1) is 13.1. The van der Waals surface area contributed by atoms with Gasteiger partial charge in [-0.3, -0.25) is 0 Å². The van der Waals surface area contributed by atoms with Gasteiger partial charge in [-0.1, -0.05) is 0 Å². The topological polar surface area (TPSA) is 24.5 Å². The molecule has 1 N–H and O–H groups in total. The molecule has 0 bridgehead atoms. The van der Waals surface area contributed by atoms with Crippen molar-refractivity contribution in [2.24, 2.45) is 0 Å². The van der Waals surface area contributed by atoms with Gasteiger partial charge in [0.25, 0.3) is 0 Å². The van der Waals surface area contributed by atoms with E-state index < -0.39 is 0 Å². The Hall–Kier alpha value is -1.29. The van der Waals surface area contributed by atoms with Gasteiger partial charge in [-0.05, 0) is 38.9 Å². The van der Waals surface area contributed by atoms with Gasteiger partial charge in [0.05, 0.1) is 11.8 Å². The molecule has 0 atom stereocenters. The Kier molecular flexibility index (Phi) is 4.42. The Morgan fingerprint density at radius 2 is 2.11 bits per heavy atom. The maximum atomic E-state index is 14.1. The van der Waals surface area contributed by atoms with Crippen molar-refractivity contribution in [1.29, 1.82) is 0 Å². The highest BCUT2D eigenvalue weighted by atomic mass is 19.1. The SMILES string of the molecule is CC(C)Oc1ccc(N2CCCNCC2)c(F)c1. The summed E-state index contributed by atoms with van der Waals surface area (Å²) in [7, 11) is 0. The summed E-state index contributed by atoms with van der Waals surface area (Å²) < 4.78 is 19.6. The summed E-state index contributed by atoms with van der Waals surface area (Å²) in [6.07, 6.45) is 1.11.